The summed E-state index contributed by atoms with van der Waals surface area (Å²) >= 11 is 1.82. The lowest BCUT2D eigenvalue weighted by molar-refractivity contribution is 0.267. The zero-order chi connectivity index (χ0) is 16.7. The summed E-state index contributed by atoms with van der Waals surface area (Å²) in [5, 5.41) is 9.07. The Bertz CT molecular complexity index is 487. The van der Waals surface area contributed by atoms with Crippen LogP contribution in [0.25, 0.3) is 0 Å². The number of rotatable bonds is 7. The molecule has 0 saturated carbocycles. The summed E-state index contributed by atoms with van der Waals surface area (Å²) in [4.78, 5) is 8.79. The monoisotopic (exact) mass is 464 g/mol. The second kappa shape index (κ2) is 10.6. The van der Waals surface area contributed by atoms with E-state index in [0.29, 0.717) is 6.04 Å². The van der Waals surface area contributed by atoms with Gasteiger partial charge in [-0.15, -0.1) is 35.3 Å². The topological polar surface area (TPSA) is 39.7 Å². The molecule has 1 aliphatic heterocycles. The van der Waals surface area contributed by atoms with Gasteiger partial charge >= 0.3 is 0 Å². The molecule has 0 aliphatic carbocycles. The molecule has 1 saturated heterocycles. The summed E-state index contributed by atoms with van der Waals surface area (Å²) in [7, 11) is 0. The summed E-state index contributed by atoms with van der Waals surface area (Å²) in [6.45, 7) is 14.0. The van der Waals surface area contributed by atoms with Crippen molar-refractivity contribution < 1.29 is 0 Å². The Morgan fingerprint density at radius 1 is 1.38 bits per heavy atom. The first-order valence-corrected chi connectivity index (χ1v) is 9.75. The molecular formula is C18H33IN4S. The lowest BCUT2D eigenvalue weighted by atomic mass is 9.92. The van der Waals surface area contributed by atoms with Crippen molar-refractivity contribution in [2.45, 2.75) is 52.0 Å². The summed E-state index contributed by atoms with van der Waals surface area (Å²) in [6, 6.07) is 4.97. The van der Waals surface area contributed by atoms with Crippen molar-refractivity contribution in [2.75, 3.05) is 32.7 Å². The first kappa shape index (κ1) is 21.7. The fourth-order valence-corrected chi connectivity index (χ4v) is 3.96. The molecule has 1 unspecified atom stereocenters. The van der Waals surface area contributed by atoms with Crippen LogP contribution in [0, 0.1) is 0 Å². The fraction of sp³-hybridized carbons (Fsp3) is 0.722. The van der Waals surface area contributed by atoms with Crippen molar-refractivity contribution in [1.82, 2.24) is 15.5 Å². The quantitative estimate of drug-likeness (QED) is 0.368. The number of aliphatic imine (C=N–C) groups is 1. The minimum Gasteiger partial charge on any atom is -0.357 e. The van der Waals surface area contributed by atoms with Gasteiger partial charge in [-0.1, -0.05) is 26.8 Å². The van der Waals surface area contributed by atoms with Crippen LogP contribution in [0.5, 0.6) is 0 Å². The van der Waals surface area contributed by atoms with Gasteiger partial charge in [-0.05, 0) is 44.3 Å². The molecule has 1 aliphatic rings. The van der Waals surface area contributed by atoms with E-state index in [4.69, 9.17) is 4.99 Å². The van der Waals surface area contributed by atoms with Crippen molar-refractivity contribution in [3.63, 3.8) is 0 Å². The number of nitrogens with one attached hydrogen (secondary N) is 2. The van der Waals surface area contributed by atoms with Gasteiger partial charge in [-0.2, -0.15) is 0 Å². The SMILES string of the molecule is CCNC(=NCC(C)(C)c1cccs1)NCC1CCCN1CC.I. The van der Waals surface area contributed by atoms with Crippen molar-refractivity contribution in [2.24, 2.45) is 4.99 Å². The second-order valence-electron chi connectivity index (χ2n) is 6.86. The summed E-state index contributed by atoms with van der Waals surface area (Å²) in [5.41, 5.74) is 0.0827. The fourth-order valence-electron chi connectivity index (χ4n) is 3.12. The number of nitrogens with zero attached hydrogens (tertiary/aromatic N) is 2. The van der Waals surface area contributed by atoms with Crippen molar-refractivity contribution in [3.8, 4) is 0 Å². The number of hydrogen-bond donors (Lipinski definition) is 2. The first-order valence-electron chi connectivity index (χ1n) is 8.87. The second-order valence-corrected chi connectivity index (χ2v) is 7.81. The number of halogens is 1. The molecule has 138 valence electrons. The van der Waals surface area contributed by atoms with Crippen LogP contribution < -0.4 is 10.6 Å². The number of likely N-dealkylation sites (tertiary alicyclic amines) is 1. The van der Waals surface area contributed by atoms with Crippen LogP contribution in [0.1, 0.15) is 45.4 Å². The molecule has 2 heterocycles. The van der Waals surface area contributed by atoms with E-state index in [1.54, 1.807) is 0 Å². The zero-order valence-corrected chi connectivity index (χ0v) is 18.6. The molecule has 24 heavy (non-hydrogen) atoms. The van der Waals surface area contributed by atoms with Crippen LogP contribution in [0.4, 0.5) is 0 Å². The zero-order valence-electron chi connectivity index (χ0n) is 15.5. The third-order valence-corrected chi connectivity index (χ3v) is 5.81. The molecule has 0 radical (unpaired) electrons. The van der Waals surface area contributed by atoms with Crippen molar-refractivity contribution >= 4 is 41.3 Å². The summed E-state index contributed by atoms with van der Waals surface area (Å²) in [5.74, 6) is 0.945. The molecule has 0 amide bonds. The van der Waals surface area contributed by atoms with E-state index >= 15 is 0 Å². The molecule has 4 nitrogen and oxygen atoms in total. The maximum Gasteiger partial charge on any atom is 0.191 e. The van der Waals surface area contributed by atoms with Gasteiger partial charge in [0.15, 0.2) is 5.96 Å². The smallest absolute Gasteiger partial charge is 0.191 e. The average Bonchev–Trinajstić information content (AvgIpc) is 3.20. The van der Waals surface area contributed by atoms with Crippen LogP contribution >= 0.6 is 35.3 Å². The van der Waals surface area contributed by atoms with E-state index in [9.17, 15) is 0 Å². The van der Waals surface area contributed by atoms with Gasteiger partial charge in [0, 0.05) is 29.4 Å². The molecule has 1 aromatic heterocycles. The van der Waals surface area contributed by atoms with E-state index < -0.39 is 0 Å². The standard InChI is InChI=1S/C18H32N4S.HI/c1-5-19-17(20-13-15-9-7-11-22(15)6-2)21-14-18(3,4)16-10-8-12-23-16;/h8,10,12,15H,5-7,9,11,13-14H2,1-4H3,(H2,19,20,21);1H. The van der Waals surface area contributed by atoms with E-state index in [0.717, 1.165) is 32.1 Å². The number of likely N-dealkylation sites (N-methyl/N-ethyl adjacent to an activating group) is 1. The highest BCUT2D eigenvalue weighted by Gasteiger charge is 2.24. The Labute approximate surface area is 168 Å². The Hall–Kier alpha value is -0.340. The normalized spacial score (nSPS) is 19.2. The van der Waals surface area contributed by atoms with Gasteiger partial charge in [0.1, 0.15) is 0 Å². The highest BCUT2D eigenvalue weighted by atomic mass is 127. The summed E-state index contributed by atoms with van der Waals surface area (Å²) in [6.07, 6.45) is 2.61. The van der Waals surface area contributed by atoms with E-state index in [1.807, 2.05) is 11.3 Å². The highest BCUT2D eigenvalue weighted by Crippen LogP contribution is 2.27. The molecule has 0 aromatic carbocycles. The molecule has 0 bridgehead atoms. The average molecular weight is 464 g/mol. The molecule has 6 heteroatoms. The predicted octanol–water partition coefficient (Wildman–Crippen LogP) is 3.68. The Kier molecular flexibility index (Phi) is 9.59. The van der Waals surface area contributed by atoms with Crippen molar-refractivity contribution in [3.05, 3.63) is 22.4 Å². The number of guanidine groups is 1. The van der Waals surface area contributed by atoms with Gasteiger partial charge in [-0.25, -0.2) is 0 Å². The lowest BCUT2D eigenvalue weighted by Gasteiger charge is -2.25. The Morgan fingerprint density at radius 2 is 2.17 bits per heavy atom. The largest absolute Gasteiger partial charge is 0.357 e. The van der Waals surface area contributed by atoms with E-state index in [2.05, 4.69) is 60.7 Å². The number of thiophene rings is 1. The molecular weight excluding hydrogens is 431 g/mol. The predicted molar refractivity (Wildman–Crippen MR) is 117 cm³/mol. The van der Waals surface area contributed by atoms with Crippen LogP contribution in [0.15, 0.2) is 22.5 Å². The van der Waals surface area contributed by atoms with Gasteiger partial charge in [0.25, 0.3) is 0 Å². The molecule has 2 N–H and O–H groups in total. The van der Waals surface area contributed by atoms with E-state index in [1.165, 1.54) is 24.3 Å². The van der Waals surface area contributed by atoms with Crippen LogP contribution in [-0.4, -0.2) is 49.6 Å². The number of hydrogen-bond acceptors (Lipinski definition) is 3. The first-order chi connectivity index (χ1) is 11.1. The Balaban J connectivity index is 0.00000288. The van der Waals surface area contributed by atoms with Gasteiger partial charge in [0.2, 0.25) is 0 Å². The Morgan fingerprint density at radius 3 is 2.79 bits per heavy atom. The molecule has 2 rings (SSSR count). The van der Waals surface area contributed by atoms with Crippen LogP contribution in [0.3, 0.4) is 0 Å². The van der Waals surface area contributed by atoms with Gasteiger partial charge < -0.3 is 10.6 Å². The third kappa shape index (κ3) is 6.19. The molecule has 0 spiro atoms. The maximum absolute atomic E-state index is 4.84. The highest BCUT2D eigenvalue weighted by molar-refractivity contribution is 14.0. The van der Waals surface area contributed by atoms with Crippen molar-refractivity contribution in [1.29, 1.82) is 0 Å². The molecule has 1 fully saturated rings. The van der Waals surface area contributed by atoms with Gasteiger partial charge in [-0.3, -0.25) is 9.89 Å². The molecule has 1 aromatic rings. The van der Waals surface area contributed by atoms with Crippen LogP contribution in [0.2, 0.25) is 0 Å². The third-order valence-electron chi connectivity index (χ3n) is 4.58. The lowest BCUT2D eigenvalue weighted by Crippen LogP contribution is -2.45. The summed E-state index contributed by atoms with van der Waals surface area (Å²) < 4.78 is 0. The molecule has 1 atom stereocenters. The van der Waals surface area contributed by atoms with Crippen LogP contribution in [-0.2, 0) is 5.41 Å². The maximum atomic E-state index is 4.84. The van der Waals surface area contributed by atoms with Gasteiger partial charge in [0.05, 0.1) is 6.54 Å². The van der Waals surface area contributed by atoms with E-state index in [-0.39, 0.29) is 29.4 Å². The minimum atomic E-state index is 0. The minimum absolute atomic E-state index is 0.